The van der Waals surface area contributed by atoms with E-state index in [-0.39, 0.29) is 24.2 Å². The van der Waals surface area contributed by atoms with Crippen LogP contribution in [0.25, 0.3) is 0 Å². The van der Waals surface area contributed by atoms with Gasteiger partial charge in [0.15, 0.2) is 6.04 Å². The van der Waals surface area contributed by atoms with E-state index in [1.807, 2.05) is 6.07 Å². The minimum Gasteiger partial charge on any atom is -0.462 e. The normalized spacial score (nSPS) is 19.4. The predicted octanol–water partition coefficient (Wildman–Crippen LogP) is 0.225. The maximum absolute atomic E-state index is 12.4. The maximum atomic E-state index is 12.4. The Hall–Kier alpha value is -1.86. The number of para-hydroxylation sites is 1. The van der Waals surface area contributed by atoms with Crippen molar-refractivity contribution in [2.24, 2.45) is 0 Å². The first-order chi connectivity index (χ1) is 10.5. The van der Waals surface area contributed by atoms with Gasteiger partial charge in [-0.05, 0) is 19.1 Å². The molecule has 1 aliphatic heterocycles. The summed E-state index contributed by atoms with van der Waals surface area (Å²) in [6, 6.07) is 8.30. The molecule has 7 heteroatoms. The number of esters is 1. The van der Waals surface area contributed by atoms with Gasteiger partial charge in [0.1, 0.15) is 0 Å². The number of hydrogen-bond donors (Lipinski definition) is 1. The Bertz CT molecular complexity index is 564. The number of ether oxygens (including phenoxy) is 1. The Labute approximate surface area is 133 Å². The molecule has 1 aromatic rings. The van der Waals surface area contributed by atoms with Gasteiger partial charge in [-0.2, -0.15) is 0 Å². The van der Waals surface area contributed by atoms with E-state index in [9.17, 15) is 14.4 Å². The fourth-order valence-corrected chi connectivity index (χ4v) is 3.25. The van der Waals surface area contributed by atoms with Crippen LogP contribution in [-0.4, -0.2) is 41.4 Å². The Morgan fingerprint density at radius 1 is 1.41 bits per heavy atom. The second kappa shape index (κ2) is 7.42. The Morgan fingerprint density at radius 3 is 2.73 bits per heavy atom. The van der Waals surface area contributed by atoms with E-state index in [4.69, 9.17) is 4.74 Å². The third-order valence-corrected chi connectivity index (χ3v) is 4.60. The monoisotopic (exact) mass is 323 g/mol. The molecule has 0 radical (unpaired) electrons. The van der Waals surface area contributed by atoms with Gasteiger partial charge in [0.05, 0.1) is 23.3 Å². The molecule has 2 amide bonds. The zero-order chi connectivity index (χ0) is 16.1. The SMILES string of the molecule is CCOC(=O)[C@H]([NH3+])CS[C@@H]1CC(=O)N(c2ccccc2)C1=O. The topological polar surface area (TPSA) is 91.3 Å². The number of benzene rings is 1. The van der Waals surface area contributed by atoms with E-state index in [2.05, 4.69) is 5.73 Å². The van der Waals surface area contributed by atoms with Gasteiger partial charge in [0, 0.05) is 6.42 Å². The first-order valence-electron chi connectivity index (χ1n) is 7.07. The van der Waals surface area contributed by atoms with Crippen molar-refractivity contribution < 1.29 is 24.9 Å². The summed E-state index contributed by atoms with van der Waals surface area (Å²) in [6.45, 7) is 2.03. The summed E-state index contributed by atoms with van der Waals surface area (Å²) in [6.07, 6.45) is 0.147. The highest BCUT2D eigenvalue weighted by molar-refractivity contribution is 8.00. The molecule has 6 nitrogen and oxygen atoms in total. The number of thioether (sulfide) groups is 1. The summed E-state index contributed by atoms with van der Waals surface area (Å²) in [5.74, 6) is -0.486. The van der Waals surface area contributed by atoms with Crippen LogP contribution in [-0.2, 0) is 19.1 Å². The second-order valence-corrected chi connectivity index (χ2v) is 6.11. The molecule has 0 saturated carbocycles. The standard InChI is InChI=1S/C15H18N2O4S/c1-2-21-15(20)11(16)9-22-12-8-13(18)17(14(12)19)10-6-4-3-5-7-10/h3-7,11-12H,2,8-9,16H2,1H3/p+1/t11-,12-/m1/s1. The van der Waals surface area contributed by atoms with E-state index < -0.39 is 11.3 Å². The molecule has 1 heterocycles. The minimum absolute atomic E-state index is 0.147. The van der Waals surface area contributed by atoms with Crippen molar-refractivity contribution in [3.63, 3.8) is 0 Å². The summed E-state index contributed by atoms with van der Waals surface area (Å²) in [5, 5.41) is -0.466. The number of anilines is 1. The van der Waals surface area contributed by atoms with E-state index in [0.717, 1.165) is 0 Å². The number of quaternary nitrogens is 1. The lowest BCUT2D eigenvalue weighted by molar-refractivity contribution is -0.401. The number of rotatable bonds is 6. The highest BCUT2D eigenvalue weighted by Crippen LogP contribution is 2.29. The van der Waals surface area contributed by atoms with Crippen LogP contribution in [0, 0.1) is 0 Å². The number of imide groups is 1. The number of nitrogens with zero attached hydrogens (tertiary/aromatic N) is 1. The molecule has 0 bridgehead atoms. The zero-order valence-electron chi connectivity index (χ0n) is 12.4. The van der Waals surface area contributed by atoms with Gasteiger partial charge in [-0.1, -0.05) is 18.2 Å². The summed E-state index contributed by atoms with van der Waals surface area (Å²) in [7, 11) is 0. The van der Waals surface area contributed by atoms with E-state index in [0.29, 0.717) is 18.0 Å². The molecule has 1 aromatic carbocycles. The second-order valence-electron chi connectivity index (χ2n) is 4.88. The van der Waals surface area contributed by atoms with Crippen LogP contribution < -0.4 is 10.6 Å². The third kappa shape index (κ3) is 3.66. The van der Waals surface area contributed by atoms with E-state index in [1.54, 1.807) is 31.2 Å². The van der Waals surface area contributed by atoms with Crippen molar-refractivity contribution in [2.45, 2.75) is 24.6 Å². The van der Waals surface area contributed by atoms with Gasteiger partial charge < -0.3 is 10.5 Å². The molecular weight excluding hydrogens is 304 g/mol. The predicted molar refractivity (Wildman–Crippen MR) is 83.1 cm³/mol. The van der Waals surface area contributed by atoms with Gasteiger partial charge in [-0.3, -0.25) is 9.59 Å². The molecule has 22 heavy (non-hydrogen) atoms. The Morgan fingerprint density at radius 2 is 2.09 bits per heavy atom. The largest absolute Gasteiger partial charge is 0.462 e. The van der Waals surface area contributed by atoms with Gasteiger partial charge >= 0.3 is 5.97 Å². The Kier molecular flexibility index (Phi) is 5.57. The van der Waals surface area contributed by atoms with E-state index >= 15 is 0 Å². The zero-order valence-corrected chi connectivity index (χ0v) is 13.2. The lowest BCUT2D eigenvalue weighted by atomic mass is 10.3. The van der Waals surface area contributed by atoms with Crippen molar-refractivity contribution >= 4 is 35.2 Å². The molecule has 0 aliphatic carbocycles. The number of carbonyl (C=O) groups excluding carboxylic acids is 3. The molecule has 118 valence electrons. The highest BCUT2D eigenvalue weighted by atomic mass is 32.2. The average molecular weight is 323 g/mol. The molecule has 0 unspecified atom stereocenters. The van der Waals surface area contributed by atoms with E-state index in [1.165, 1.54) is 16.7 Å². The molecule has 0 spiro atoms. The van der Waals surface area contributed by atoms with Crippen molar-refractivity contribution in [2.75, 3.05) is 17.3 Å². The molecule has 2 rings (SSSR count). The van der Waals surface area contributed by atoms with Crippen LogP contribution in [0.4, 0.5) is 5.69 Å². The summed E-state index contributed by atoms with van der Waals surface area (Å²) < 4.78 is 4.88. The van der Waals surface area contributed by atoms with Crippen LogP contribution in [0.5, 0.6) is 0 Å². The van der Waals surface area contributed by atoms with Crippen LogP contribution in [0.3, 0.4) is 0 Å². The lowest BCUT2D eigenvalue weighted by Gasteiger charge is -2.15. The molecule has 0 aromatic heterocycles. The van der Waals surface area contributed by atoms with Crippen LogP contribution >= 0.6 is 11.8 Å². The fourth-order valence-electron chi connectivity index (χ4n) is 2.14. The van der Waals surface area contributed by atoms with Crippen LogP contribution in [0.1, 0.15) is 13.3 Å². The summed E-state index contributed by atoms with van der Waals surface area (Å²) in [4.78, 5) is 37.2. The van der Waals surface area contributed by atoms with Gasteiger partial charge in [-0.15, -0.1) is 11.8 Å². The van der Waals surface area contributed by atoms with Crippen LogP contribution in [0.15, 0.2) is 30.3 Å². The first kappa shape index (κ1) is 16.5. The number of hydrogen-bond acceptors (Lipinski definition) is 5. The highest BCUT2D eigenvalue weighted by Gasteiger charge is 2.40. The molecular formula is C15H19N2O4S+. The molecule has 1 fully saturated rings. The maximum Gasteiger partial charge on any atom is 0.365 e. The molecule has 3 N–H and O–H groups in total. The van der Waals surface area contributed by atoms with Crippen molar-refractivity contribution in [1.82, 2.24) is 0 Å². The van der Waals surface area contributed by atoms with Crippen molar-refractivity contribution in [1.29, 1.82) is 0 Å². The Balaban J connectivity index is 1.96. The number of carbonyl (C=O) groups is 3. The lowest BCUT2D eigenvalue weighted by Crippen LogP contribution is -2.66. The first-order valence-corrected chi connectivity index (χ1v) is 8.12. The van der Waals surface area contributed by atoms with Crippen molar-refractivity contribution in [3.05, 3.63) is 30.3 Å². The number of amides is 2. The molecule has 2 atom stereocenters. The van der Waals surface area contributed by atoms with Gasteiger partial charge in [0.25, 0.3) is 0 Å². The fraction of sp³-hybridized carbons (Fsp3) is 0.400. The van der Waals surface area contributed by atoms with Crippen molar-refractivity contribution in [3.8, 4) is 0 Å². The molecule has 1 saturated heterocycles. The molecule has 1 aliphatic rings. The van der Waals surface area contributed by atoms with Crippen LogP contribution in [0.2, 0.25) is 0 Å². The average Bonchev–Trinajstić information content (AvgIpc) is 2.80. The third-order valence-electron chi connectivity index (χ3n) is 3.24. The minimum atomic E-state index is -0.543. The smallest absolute Gasteiger partial charge is 0.365 e. The summed E-state index contributed by atoms with van der Waals surface area (Å²) >= 11 is 1.28. The van der Waals surface area contributed by atoms with Gasteiger partial charge in [0.2, 0.25) is 11.8 Å². The summed E-state index contributed by atoms with van der Waals surface area (Å²) in [5.41, 5.74) is 4.31. The quantitative estimate of drug-likeness (QED) is 0.597. The van der Waals surface area contributed by atoms with Gasteiger partial charge in [-0.25, -0.2) is 9.69 Å².